The molecule has 1 aliphatic carbocycles. The first-order valence-corrected chi connectivity index (χ1v) is 9.71. The van der Waals surface area contributed by atoms with E-state index in [2.05, 4.69) is 0 Å². The van der Waals surface area contributed by atoms with Gasteiger partial charge < -0.3 is 15.6 Å². The van der Waals surface area contributed by atoms with Crippen molar-refractivity contribution in [2.24, 2.45) is 11.1 Å². The Morgan fingerprint density at radius 3 is 2.19 bits per heavy atom. The van der Waals surface area contributed by atoms with Gasteiger partial charge in [0.2, 0.25) is 0 Å². The molecule has 0 aromatic heterocycles. The predicted octanol–water partition coefficient (Wildman–Crippen LogP) is 1.97. The Bertz CT molecular complexity index is 921. The van der Waals surface area contributed by atoms with Crippen LogP contribution in [0.2, 0.25) is 0 Å². The SMILES string of the molecule is COc1ccc(C2C(S(=O)(=O)c3ccc(C)cc3)C2(CN)C(=O)O)cc1. The number of carbonyl (C=O) groups is 1. The van der Waals surface area contributed by atoms with Gasteiger partial charge in [0.15, 0.2) is 9.84 Å². The summed E-state index contributed by atoms with van der Waals surface area (Å²) in [5.41, 5.74) is 5.79. The quantitative estimate of drug-likeness (QED) is 0.799. The summed E-state index contributed by atoms with van der Waals surface area (Å²) >= 11 is 0. The maximum absolute atomic E-state index is 13.1. The number of benzene rings is 2. The molecule has 138 valence electrons. The molecule has 2 aromatic carbocycles. The first kappa shape index (κ1) is 18.4. The summed E-state index contributed by atoms with van der Waals surface area (Å²) in [6, 6.07) is 13.2. The minimum Gasteiger partial charge on any atom is -0.497 e. The van der Waals surface area contributed by atoms with Gasteiger partial charge in [-0.15, -0.1) is 0 Å². The van der Waals surface area contributed by atoms with Gasteiger partial charge >= 0.3 is 5.97 Å². The van der Waals surface area contributed by atoms with E-state index in [0.717, 1.165) is 5.56 Å². The molecule has 3 unspecified atom stereocenters. The summed E-state index contributed by atoms with van der Waals surface area (Å²) in [7, 11) is -2.33. The van der Waals surface area contributed by atoms with E-state index in [0.29, 0.717) is 11.3 Å². The fraction of sp³-hybridized carbons (Fsp3) is 0.316. The van der Waals surface area contributed by atoms with Crippen LogP contribution in [0.3, 0.4) is 0 Å². The molecule has 1 aliphatic rings. The molecule has 0 radical (unpaired) electrons. The van der Waals surface area contributed by atoms with E-state index in [1.165, 1.54) is 19.2 Å². The first-order valence-electron chi connectivity index (χ1n) is 8.17. The maximum Gasteiger partial charge on any atom is 0.312 e. The maximum atomic E-state index is 13.1. The molecule has 0 bridgehead atoms. The molecule has 1 saturated carbocycles. The number of ether oxygens (including phenoxy) is 1. The largest absolute Gasteiger partial charge is 0.497 e. The summed E-state index contributed by atoms with van der Waals surface area (Å²) in [5, 5.41) is 8.69. The Kier molecular flexibility index (Phi) is 4.54. The van der Waals surface area contributed by atoms with Crippen LogP contribution in [0.4, 0.5) is 0 Å². The van der Waals surface area contributed by atoms with Crippen LogP contribution in [0, 0.1) is 12.3 Å². The van der Waals surface area contributed by atoms with Crippen LogP contribution in [-0.2, 0) is 14.6 Å². The number of hydrogen-bond acceptors (Lipinski definition) is 5. The van der Waals surface area contributed by atoms with Gasteiger partial charge in [-0.3, -0.25) is 4.79 Å². The highest BCUT2D eigenvalue weighted by molar-refractivity contribution is 7.92. The zero-order chi connectivity index (χ0) is 19.1. The summed E-state index contributed by atoms with van der Waals surface area (Å²) in [6.07, 6.45) is 0. The van der Waals surface area contributed by atoms with Gasteiger partial charge in [-0.1, -0.05) is 29.8 Å². The number of sulfone groups is 1. The highest BCUT2D eigenvalue weighted by Crippen LogP contribution is 2.63. The standard InChI is InChI=1S/C19H21NO5S/c1-12-3-9-15(10-4-12)26(23,24)17-16(19(17,11-20)18(21)22)13-5-7-14(25-2)8-6-13/h3-10,16-17H,11,20H2,1-2H3,(H,21,22). The summed E-state index contributed by atoms with van der Waals surface area (Å²) in [4.78, 5) is 12.1. The van der Waals surface area contributed by atoms with Crippen LogP contribution < -0.4 is 10.5 Å². The molecule has 0 spiro atoms. The lowest BCUT2D eigenvalue weighted by Crippen LogP contribution is -2.31. The Morgan fingerprint density at radius 1 is 1.15 bits per heavy atom. The van der Waals surface area contributed by atoms with Crippen molar-refractivity contribution in [2.45, 2.75) is 23.0 Å². The molecule has 26 heavy (non-hydrogen) atoms. The molecule has 7 heteroatoms. The van der Waals surface area contributed by atoms with E-state index in [1.54, 1.807) is 36.4 Å². The third-order valence-electron chi connectivity index (χ3n) is 5.15. The molecule has 3 N–H and O–H groups in total. The Labute approximate surface area is 152 Å². The van der Waals surface area contributed by atoms with Gasteiger partial charge in [-0.05, 0) is 36.8 Å². The predicted molar refractivity (Wildman–Crippen MR) is 97.0 cm³/mol. The molecular formula is C19H21NO5S. The molecule has 0 heterocycles. The monoisotopic (exact) mass is 375 g/mol. The molecule has 3 rings (SSSR count). The van der Waals surface area contributed by atoms with E-state index < -0.39 is 32.4 Å². The third-order valence-corrected chi connectivity index (χ3v) is 7.44. The molecule has 1 fully saturated rings. The lowest BCUT2D eigenvalue weighted by atomic mass is 9.99. The second kappa shape index (κ2) is 6.41. The number of rotatable bonds is 6. The van der Waals surface area contributed by atoms with Crippen molar-refractivity contribution in [2.75, 3.05) is 13.7 Å². The molecular weight excluding hydrogens is 354 g/mol. The van der Waals surface area contributed by atoms with Crippen LogP contribution in [0.5, 0.6) is 5.75 Å². The van der Waals surface area contributed by atoms with Crippen molar-refractivity contribution < 1.29 is 23.1 Å². The fourth-order valence-corrected chi connectivity index (χ4v) is 5.99. The third kappa shape index (κ3) is 2.68. The number of carboxylic acid groups (broad SMARTS) is 1. The highest BCUT2D eigenvalue weighted by atomic mass is 32.2. The van der Waals surface area contributed by atoms with E-state index >= 15 is 0 Å². The minimum absolute atomic E-state index is 0.114. The van der Waals surface area contributed by atoms with Gasteiger partial charge in [0, 0.05) is 12.5 Å². The van der Waals surface area contributed by atoms with Crippen LogP contribution in [0.1, 0.15) is 17.0 Å². The fourth-order valence-electron chi connectivity index (χ4n) is 3.60. The van der Waals surface area contributed by atoms with Crippen molar-refractivity contribution >= 4 is 15.8 Å². The van der Waals surface area contributed by atoms with Gasteiger partial charge in [0.25, 0.3) is 0 Å². The van der Waals surface area contributed by atoms with Crippen molar-refractivity contribution in [3.8, 4) is 5.75 Å². The molecule has 0 aliphatic heterocycles. The number of methoxy groups -OCH3 is 1. The Hall–Kier alpha value is -2.38. The van der Waals surface area contributed by atoms with Gasteiger partial charge in [0.1, 0.15) is 11.2 Å². The first-order chi connectivity index (χ1) is 12.3. The number of hydrogen-bond donors (Lipinski definition) is 2. The van der Waals surface area contributed by atoms with Crippen molar-refractivity contribution in [3.05, 3.63) is 59.7 Å². The van der Waals surface area contributed by atoms with Crippen molar-refractivity contribution in [1.82, 2.24) is 0 Å². The summed E-state index contributed by atoms with van der Waals surface area (Å²) < 4.78 is 31.4. The number of carboxylic acids is 1. The molecule has 3 atom stereocenters. The smallest absolute Gasteiger partial charge is 0.312 e. The second-order valence-electron chi connectivity index (χ2n) is 6.58. The van der Waals surface area contributed by atoms with Crippen molar-refractivity contribution in [1.29, 1.82) is 0 Å². The van der Waals surface area contributed by atoms with Crippen LogP contribution in [0.15, 0.2) is 53.4 Å². The van der Waals surface area contributed by atoms with Crippen LogP contribution in [0.25, 0.3) is 0 Å². The minimum atomic E-state index is -3.85. The Morgan fingerprint density at radius 2 is 1.73 bits per heavy atom. The summed E-state index contributed by atoms with van der Waals surface area (Å²) in [6.45, 7) is 1.60. The lowest BCUT2D eigenvalue weighted by molar-refractivity contribution is -0.143. The van der Waals surface area contributed by atoms with Crippen LogP contribution in [-0.4, -0.2) is 38.4 Å². The molecule has 0 saturated heterocycles. The highest BCUT2D eigenvalue weighted by Gasteiger charge is 2.75. The van der Waals surface area contributed by atoms with Gasteiger partial charge in [0.05, 0.1) is 17.3 Å². The molecule has 2 aromatic rings. The zero-order valence-electron chi connectivity index (χ0n) is 14.5. The van der Waals surface area contributed by atoms with Crippen LogP contribution >= 0.6 is 0 Å². The van der Waals surface area contributed by atoms with Gasteiger partial charge in [-0.2, -0.15) is 0 Å². The van der Waals surface area contributed by atoms with Crippen molar-refractivity contribution in [3.63, 3.8) is 0 Å². The average Bonchev–Trinajstić information content (AvgIpc) is 3.34. The lowest BCUT2D eigenvalue weighted by Gasteiger charge is -2.10. The Balaban J connectivity index is 2.08. The van der Waals surface area contributed by atoms with Gasteiger partial charge in [-0.25, -0.2) is 8.42 Å². The van der Waals surface area contributed by atoms with E-state index in [4.69, 9.17) is 10.5 Å². The normalized spacial score (nSPS) is 24.9. The number of aryl methyl sites for hydroxylation is 1. The number of aliphatic carboxylic acids is 1. The molecule has 6 nitrogen and oxygen atoms in total. The zero-order valence-corrected chi connectivity index (χ0v) is 15.4. The second-order valence-corrected chi connectivity index (χ2v) is 8.65. The average molecular weight is 375 g/mol. The topological polar surface area (TPSA) is 107 Å². The van der Waals surface area contributed by atoms with E-state index in [1.807, 2.05) is 6.92 Å². The van der Waals surface area contributed by atoms with E-state index in [-0.39, 0.29) is 11.4 Å². The molecule has 0 amide bonds. The number of nitrogens with two attached hydrogens (primary N) is 1. The van der Waals surface area contributed by atoms with E-state index in [9.17, 15) is 18.3 Å². The summed E-state index contributed by atoms with van der Waals surface area (Å²) in [5.74, 6) is -1.29.